The standard InChI is InChI=1S/C17H19N3O2/c1-4-13-10-14(22-18-13)11-19(2)17(21)16-9-12-7-5-6-8-15(12)20(16)3/h5-10H,4,11H2,1-3H3. The van der Waals surface area contributed by atoms with Crippen molar-refractivity contribution >= 4 is 16.8 Å². The summed E-state index contributed by atoms with van der Waals surface area (Å²) < 4.78 is 7.17. The minimum atomic E-state index is -0.0341. The first-order valence-electron chi connectivity index (χ1n) is 7.34. The lowest BCUT2D eigenvalue weighted by Gasteiger charge is -2.15. The molecule has 0 aliphatic rings. The number of carbonyl (C=O) groups is 1. The zero-order chi connectivity index (χ0) is 15.7. The van der Waals surface area contributed by atoms with Gasteiger partial charge in [0.05, 0.1) is 12.2 Å². The number of amides is 1. The number of para-hydroxylation sites is 1. The van der Waals surface area contributed by atoms with Crippen molar-refractivity contribution in [1.29, 1.82) is 0 Å². The highest BCUT2D eigenvalue weighted by Crippen LogP contribution is 2.20. The summed E-state index contributed by atoms with van der Waals surface area (Å²) in [5, 5.41) is 5.02. The van der Waals surface area contributed by atoms with Crippen molar-refractivity contribution in [3.8, 4) is 0 Å². The van der Waals surface area contributed by atoms with Crippen molar-refractivity contribution in [1.82, 2.24) is 14.6 Å². The number of benzene rings is 1. The highest BCUT2D eigenvalue weighted by molar-refractivity contribution is 5.98. The molecule has 5 heteroatoms. The van der Waals surface area contributed by atoms with E-state index in [2.05, 4.69) is 5.16 Å². The third-order valence-electron chi connectivity index (χ3n) is 3.88. The third kappa shape index (κ3) is 2.50. The molecule has 3 rings (SSSR count). The lowest BCUT2D eigenvalue weighted by atomic mass is 10.2. The Balaban J connectivity index is 1.83. The lowest BCUT2D eigenvalue weighted by Crippen LogP contribution is -2.27. The summed E-state index contributed by atoms with van der Waals surface area (Å²) in [6, 6.07) is 11.8. The molecule has 5 nitrogen and oxygen atoms in total. The molecule has 3 aromatic rings. The minimum absolute atomic E-state index is 0.0341. The van der Waals surface area contributed by atoms with Gasteiger partial charge < -0.3 is 14.0 Å². The van der Waals surface area contributed by atoms with Crippen LogP contribution in [0.1, 0.15) is 28.9 Å². The van der Waals surface area contributed by atoms with Gasteiger partial charge in [0.15, 0.2) is 5.76 Å². The molecule has 0 aliphatic carbocycles. The number of carbonyl (C=O) groups excluding carboxylic acids is 1. The second-order valence-electron chi connectivity index (χ2n) is 5.45. The van der Waals surface area contributed by atoms with Crippen LogP contribution in [-0.4, -0.2) is 27.6 Å². The Morgan fingerprint density at radius 3 is 2.77 bits per heavy atom. The van der Waals surface area contributed by atoms with Gasteiger partial charge in [0.1, 0.15) is 5.69 Å². The molecular formula is C17H19N3O2. The molecule has 0 bridgehead atoms. The molecule has 0 saturated heterocycles. The Hall–Kier alpha value is -2.56. The molecule has 0 spiro atoms. The van der Waals surface area contributed by atoms with Gasteiger partial charge in [-0.3, -0.25) is 4.79 Å². The van der Waals surface area contributed by atoms with Crippen LogP contribution in [-0.2, 0) is 20.0 Å². The quantitative estimate of drug-likeness (QED) is 0.744. The van der Waals surface area contributed by atoms with Gasteiger partial charge in [-0.05, 0) is 18.6 Å². The fraction of sp³-hybridized carbons (Fsp3) is 0.294. The number of hydrogen-bond acceptors (Lipinski definition) is 3. The number of rotatable bonds is 4. The van der Waals surface area contributed by atoms with E-state index in [1.165, 1.54) is 0 Å². The molecule has 2 aromatic heterocycles. The topological polar surface area (TPSA) is 51.3 Å². The summed E-state index contributed by atoms with van der Waals surface area (Å²) in [4.78, 5) is 14.3. The number of nitrogens with zero attached hydrogens (tertiary/aromatic N) is 3. The first-order valence-corrected chi connectivity index (χ1v) is 7.34. The predicted molar refractivity (Wildman–Crippen MR) is 84.6 cm³/mol. The van der Waals surface area contributed by atoms with Crippen LogP contribution in [0.4, 0.5) is 0 Å². The second-order valence-corrected chi connectivity index (χ2v) is 5.45. The van der Waals surface area contributed by atoms with E-state index in [0.717, 1.165) is 23.0 Å². The summed E-state index contributed by atoms with van der Waals surface area (Å²) in [6.07, 6.45) is 0.824. The maximum atomic E-state index is 12.7. The number of fused-ring (bicyclic) bond motifs is 1. The number of aromatic nitrogens is 2. The average Bonchev–Trinajstić information content (AvgIpc) is 3.11. The molecule has 0 atom stereocenters. The van der Waals surface area contributed by atoms with Crippen molar-refractivity contribution < 1.29 is 9.32 Å². The summed E-state index contributed by atoms with van der Waals surface area (Å²) in [7, 11) is 3.68. The smallest absolute Gasteiger partial charge is 0.270 e. The predicted octanol–water partition coefficient (Wildman–Crippen LogP) is 3.00. The first-order chi connectivity index (χ1) is 10.6. The lowest BCUT2D eigenvalue weighted by molar-refractivity contribution is 0.0763. The first kappa shape index (κ1) is 14.4. The summed E-state index contributed by atoms with van der Waals surface area (Å²) in [5.74, 6) is 0.666. The van der Waals surface area contributed by atoms with E-state index < -0.39 is 0 Å². The van der Waals surface area contributed by atoms with Crippen LogP contribution in [0.2, 0.25) is 0 Å². The van der Waals surface area contributed by atoms with Crippen molar-refractivity contribution in [2.24, 2.45) is 7.05 Å². The summed E-state index contributed by atoms with van der Waals surface area (Å²) in [6.45, 7) is 2.43. The van der Waals surface area contributed by atoms with Crippen LogP contribution in [0.5, 0.6) is 0 Å². The Morgan fingerprint density at radius 2 is 2.09 bits per heavy atom. The van der Waals surface area contributed by atoms with Crippen LogP contribution in [0.15, 0.2) is 40.9 Å². The monoisotopic (exact) mass is 297 g/mol. The van der Waals surface area contributed by atoms with E-state index in [-0.39, 0.29) is 5.91 Å². The minimum Gasteiger partial charge on any atom is -0.359 e. The molecule has 0 unspecified atom stereocenters. The van der Waals surface area contributed by atoms with E-state index >= 15 is 0 Å². The molecule has 2 heterocycles. The summed E-state index contributed by atoms with van der Waals surface area (Å²) in [5.41, 5.74) is 2.62. The van der Waals surface area contributed by atoms with Gasteiger partial charge in [0.25, 0.3) is 5.91 Å². The van der Waals surface area contributed by atoms with Crippen LogP contribution < -0.4 is 0 Å². The van der Waals surface area contributed by atoms with Crippen molar-refractivity contribution in [3.63, 3.8) is 0 Å². The van der Waals surface area contributed by atoms with Crippen LogP contribution in [0, 0.1) is 0 Å². The molecule has 1 aromatic carbocycles. The van der Waals surface area contributed by atoms with Crippen molar-refractivity contribution in [3.05, 3.63) is 53.5 Å². The van der Waals surface area contributed by atoms with Gasteiger partial charge in [0, 0.05) is 31.1 Å². The average molecular weight is 297 g/mol. The molecule has 0 radical (unpaired) electrons. The van der Waals surface area contributed by atoms with E-state index in [1.807, 2.05) is 54.9 Å². The van der Waals surface area contributed by atoms with Gasteiger partial charge in [-0.25, -0.2) is 0 Å². The van der Waals surface area contributed by atoms with Gasteiger partial charge in [0.2, 0.25) is 0 Å². The second kappa shape index (κ2) is 5.67. The molecule has 0 saturated carbocycles. The molecule has 114 valence electrons. The van der Waals surface area contributed by atoms with E-state index in [0.29, 0.717) is 18.0 Å². The molecule has 22 heavy (non-hydrogen) atoms. The van der Waals surface area contributed by atoms with Crippen LogP contribution in [0.25, 0.3) is 10.9 Å². The van der Waals surface area contributed by atoms with Gasteiger partial charge in [-0.2, -0.15) is 0 Å². The highest BCUT2D eigenvalue weighted by atomic mass is 16.5. The largest absolute Gasteiger partial charge is 0.359 e. The molecular weight excluding hydrogens is 278 g/mol. The van der Waals surface area contributed by atoms with Crippen LogP contribution in [0.3, 0.4) is 0 Å². The fourth-order valence-corrected chi connectivity index (χ4v) is 2.59. The maximum Gasteiger partial charge on any atom is 0.270 e. The fourth-order valence-electron chi connectivity index (χ4n) is 2.59. The van der Waals surface area contributed by atoms with E-state index in [4.69, 9.17) is 4.52 Å². The van der Waals surface area contributed by atoms with E-state index in [1.54, 1.807) is 11.9 Å². The Morgan fingerprint density at radius 1 is 1.32 bits per heavy atom. The Bertz CT molecular complexity index is 816. The zero-order valence-electron chi connectivity index (χ0n) is 13.0. The third-order valence-corrected chi connectivity index (χ3v) is 3.88. The molecule has 0 fully saturated rings. The van der Waals surface area contributed by atoms with Crippen LogP contribution >= 0.6 is 0 Å². The SMILES string of the molecule is CCc1cc(CN(C)C(=O)c2cc3ccccc3n2C)on1. The summed E-state index contributed by atoms with van der Waals surface area (Å²) >= 11 is 0. The molecule has 0 aliphatic heterocycles. The zero-order valence-corrected chi connectivity index (χ0v) is 13.0. The Labute approximate surface area is 129 Å². The van der Waals surface area contributed by atoms with E-state index in [9.17, 15) is 4.79 Å². The highest BCUT2D eigenvalue weighted by Gasteiger charge is 2.18. The number of hydrogen-bond donors (Lipinski definition) is 0. The van der Waals surface area contributed by atoms with Gasteiger partial charge in [-0.1, -0.05) is 30.3 Å². The van der Waals surface area contributed by atoms with Crippen molar-refractivity contribution in [2.45, 2.75) is 19.9 Å². The molecule has 1 amide bonds. The molecule has 0 N–H and O–H groups in total. The van der Waals surface area contributed by atoms with Gasteiger partial charge >= 0.3 is 0 Å². The maximum absolute atomic E-state index is 12.7. The normalized spacial score (nSPS) is 11.0. The van der Waals surface area contributed by atoms with Gasteiger partial charge in [-0.15, -0.1) is 0 Å². The number of aryl methyl sites for hydroxylation is 2. The van der Waals surface area contributed by atoms with Crippen molar-refractivity contribution in [2.75, 3.05) is 7.05 Å². The Kier molecular flexibility index (Phi) is 3.71.